The molecule has 0 radical (unpaired) electrons. The Kier molecular flexibility index (Phi) is 6.62. The Labute approximate surface area is 114 Å². The Balaban J connectivity index is 2.49. The molecule has 19 heavy (non-hydrogen) atoms. The van der Waals surface area contributed by atoms with Gasteiger partial charge in [0, 0.05) is 19.7 Å². The van der Waals surface area contributed by atoms with Gasteiger partial charge < -0.3 is 20.1 Å². The molecule has 0 aromatic heterocycles. The molecule has 2 amide bonds. The molecule has 0 bridgehead atoms. The monoisotopic (exact) mass is 272 g/mol. The second kappa shape index (κ2) is 7.99. The normalized spacial score (nSPS) is 20.0. The maximum atomic E-state index is 12.0. The van der Waals surface area contributed by atoms with Crippen molar-refractivity contribution in [3.8, 4) is 0 Å². The van der Waals surface area contributed by atoms with E-state index in [9.17, 15) is 9.59 Å². The van der Waals surface area contributed by atoms with E-state index in [4.69, 9.17) is 9.84 Å². The predicted octanol–water partition coefficient (Wildman–Crippen LogP) is 1.45. The molecule has 2 N–H and O–H groups in total. The number of hydrogen-bond donors (Lipinski definition) is 2. The van der Waals surface area contributed by atoms with Crippen LogP contribution in [0.25, 0.3) is 0 Å². The van der Waals surface area contributed by atoms with Crippen LogP contribution in [0.1, 0.15) is 39.5 Å². The Morgan fingerprint density at radius 2 is 2.21 bits per heavy atom. The second-order valence-electron chi connectivity index (χ2n) is 4.80. The minimum absolute atomic E-state index is 0.0835. The van der Waals surface area contributed by atoms with Crippen molar-refractivity contribution in [2.75, 3.05) is 19.7 Å². The lowest BCUT2D eigenvalue weighted by Gasteiger charge is -2.26. The molecule has 110 valence electrons. The third kappa shape index (κ3) is 5.06. The van der Waals surface area contributed by atoms with Crippen molar-refractivity contribution in [2.24, 2.45) is 0 Å². The average Bonchev–Trinajstić information content (AvgIpc) is 2.87. The number of carbonyl (C=O) groups excluding carboxylic acids is 1. The minimum Gasteiger partial charge on any atom is -0.480 e. The molecule has 0 aromatic rings. The lowest BCUT2D eigenvalue weighted by atomic mass is 10.2. The van der Waals surface area contributed by atoms with Crippen LogP contribution in [0.2, 0.25) is 0 Å². The summed E-state index contributed by atoms with van der Waals surface area (Å²) in [4.78, 5) is 24.7. The van der Waals surface area contributed by atoms with Crippen LogP contribution in [0, 0.1) is 0 Å². The fourth-order valence-electron chi connectivity index (χ4n) is 2.18. The molecular weight excluding hydrogens is 248 g/mol. The number of urea groups is 1. The maximum Gasteiger partial charge on any atom is 0.326 e. The van der Waals surface area contributed by atoms with Crippen molar-refractivity contribution in [3.63, 3.8) is 0 Å². The second-order valence-corrected chi connectivity index (χ2v) is 4.80. The summed E-state index contributed by atoms with van der Waals surface area (Å²) in [5, 5.41) is 11.6. The highest BCUT2D eigenvalue weighted by Gasteiger charge is 2.25. The van der Waals surface area contributed by atoms with E-state index >= 15 is 0 Å². The van der Waals surface area contributed by atoms with E-state index in [0.717, 1.165) is 25.9 Å². The summed E-state index contributed by atoms with van der Waals surface area (Å²) in [5.74, 6) is -0.983. The van der Waals surface area contributed by atoms with Gasteiger partial charge in [0.05, 0.1) is 6.10 Å². The zero-order valence-corrected chi connectivity index (χ0v) is 11.7. The number of hydrogen-bond acceptors (Lipinski definition) is 3. The highest BCUT2D eigenvalue weighted by atomic mass is 16.5. The third-order valence-electron chi connectivity index (χ3n) is 3.29. The van der Waals surface area contributed by atoms with Crippen molar-refractivity contribution in [3.05, 3.63) is 0 Å². The van der Waals surface area contributed by atoms with Crippen LogP contribution in [-0.2, 0) is 9.53 Å². The Morgan fingerprint density at radius 3 is 2.68 bits per heavy atom. The summed E-state index contributed by atoms with van der Waals surface area (Å²) < 4.78 is 5.50. The van der Waals surface area contributed by atoms with E-state index in [1.807, 2.05) is 13.8 Å². The SMILES string of the molecule is CCCC(NC(=O)N(CC)CC1CCCO1)C(=O)O. The van der Waals surface area contributed by atoms with Gasteiger partial charge in [-0.15, -0.1) is 0 Å². The number of amides is 2. The number of rotatable bonds is 7. The van der Waals surface area contributed by atoms with Gasteiger partial charge in [0.25, 0.3) is 0 Å². The van der Waals surface area contributed by atoms with E-state index in [1.54, 1.807) is 4.90 Å². The fourth-order valence-corrected chi connectivity index (χ4v) is 2.18. The number of nitrogens with one attached hydrogen (secondary N) is 1. The zero-order valence-electron chi connectivity index (χ0n) is 11.7. The van der Waals surface area contributed by atoms with Gasteiger partial charge in [-0.1, -0.05) is 13.3 Å². The van der Waals surface area contributed by atoms with Gasteiger partial charge in [-0.3, -0.25) is 0 Å². The van der Waals surface area contributed by atoms with Crippen molar-refractivity contribution in [1.82, 2.24) is 10.2 Å². The lowest BCUT2D eigenvalue weighted by molar-refractivity contribution is -0.139. The molecule has 1 saturated heterocycles. The smallest absolute Gasteiger partial charge is 0.326 e. The highest BCUT2D eigenvalue weighted by Crippen LogP contribution is 2.13. The zero-order chi connectivity index (χ0) is 14.3. The van der Waals surface area contributed by atoms with Gasteiger partial charge in [0.2, 0.25) is 0 Å². The molecular formula is C13H24N2O4. The molecule has 2 unspecified atom stereocenters. The van der Waals surface area contributed by atoms with Crippen LogP contribution < -0.4 is 5.32 Å². The Hall–Kier alpha value is -1.30. The van der Waals surface area contributed by atoms with Crippen LogP contribution in [0.15, 0.2) is 0 Å². The van der Waals surface area contributed by atoms with Crippen molar-refractivity contribution in [1.29, 1.82) is 0 Å². The molecule has 0 aliphatic carbocycles. The summed E-state index contributed by atoms with van der Waals surface area (Å²) in [7, 11) is 0. The molecule has 0 saturated carbocycles. The number of ether oxygens (including phenoxy) is 1. The van der Waals surface area contributed by atoms with Crippen LogP contribution in [0.5, 0.6) is 0 Å². The van der Waals surface area contributed by atoms with Gasteiger partial charge in [-0.2, -0.15) is 0 Å². The van der Waals surface area contributed by atoms with E-state index in [1.165, 1.54) is 0 Å². The van der Waals surface area contributed by atoms with Crippen molar-refractivity contribution >= 4 is 12.0 Å². The molecule has 2 atom stereocenters. The largest absolute Gasteiger partial charge is 0.480 e. The van der Waals surface area contributed by atoms with E-state index in [-0.39, 0.29) is 12.1 Å². The molecule has 1 aliphatic heterocycles. The maximum absolute atomic E-state index is 12.0. The first-order chi connectivity index (χ1) is 9.08. The van der Waals surface area contributed by atoms with Gasteiger partial charge in [-0.05, 0) is 26.2 Å². The molecule has 1 heterocycles. The summed E-state index contributed by atoms with van der Waals surface area (Å²) in [5.41, 5.74) is 0. The number of carboxylic acid groups (broad SMARTS) is 1. The quantitative estimate of drug-likeness (QED) is 0.735. The molecule has 1 aliphatic rings. The highest BCUT2D eigenvalue weighted by molar-refractivity contribution is 5.82. The summed E-state index contributed by atoms with van der Waals surface area (Å²) in [6, 6.07) is -1.13. The van der Waals surface area contributed by atoms with Crippen LogP contribution in [0.4, 0.5) is 4.79 Å². The summed E-state index contributed by atoms with van der Waals surface area (Å²) in [6.45, 7) is 5.60. The molecule has 1 rings (SSSR count). The van der Waals surface area contributed by atoms with Gasteiger partial charge in [0.1, 0.15) is 6.04 Å². The van der Waals surface area contributed by atoms with Gasteiger partial charge >= 0.3 is 12.0 Å². The topological polar surface area (TPSA) is 78.9 Å². The Bertz CT molecular complexity index is 303. The van der Waals surface area contributed by atoms with Gasteiger partial charge in [-0.25, -0.2) is 9.59 Å². The molecule has 0 aromatic carbocycles. The van der Waals surface area contributed by atoms with Crippen molar-refractivity contribution < 1.29 is 19.4 Å². The lowest BCUT2D eigenvalue weighted by Crippen LogP contribution is -2.49. The van der Waals surface area contributed by atoms with E-state index in [2.05, 4.69) is 5.32 Å². The first-order valence-corrected chi connectivity index (χ1v) is 6.98. The first kappa shape index (κ1) is 15.8. The predicted molar refractivity (Wildman–Crippen MR) is 71.1 cm³/mol. The first-order valence-electron chi connectivity index (χ1n) is 6.98. The Morgan fingerprint density at radius 1 is 1.47 bits per heavy atom. The number of nitrogens with zero attached hydrogens (tertiary/aromatic N) is 1. The van der Waals surface area contributed by atoms with Crippen molar-refractivity contribution in [2.45, 2.75) is 51.7 Å². The molecule has 1 fully saturated rings. The number of carbonyl (C=O) groups is 2. The minimum atomic E-state index is -0.983. The average molecular weight is 272 g/mol. The third-order valence-corrected chi connectivity index (χ3v) is 3.29. The molecule has 0 spiro atoms. The number of likely N-dealkylation sites (N-methyl/N-ethyl adjacent to an activating group) is 1. The standard InChI is InChI=1S/C13H24N2O4/c1-3-6-11(12(16)17)14-13(18)15(4-2)9-10-7-5-8-19-10/h10-11H,3-9H2,1-2H3,(H,14,18)(H,16,17). The molecule has 6 nitrogen and oxygen atoms in total. The van der Waals surface area contributed by atoms with E-state index in [0.29, 0.717) is 19.5 Å². The summed E-state index contributed by atoms with van der Waals surface area (Å²) in [6.07, 6.45) is 3.23. The van der Waals surface area contributed by atoms with Crippen LogP contribution >= 0.6 is 0 Å². The fraction of sp³-hybridized carbons (Fsp3) is 0.846. The molecule has 6 heteroatoms. The summed E-state index contributed by atoms with van der Waals surface area (Å²) >= 11 is 0. The van der Waals surface area contributed by atoms with E-state index < -0.39 is 12.0 Å². The van der Waals surface area contributed by atoms with Crippen LogP contribution in [-0.4, -0.2) is 53.8 Å². The van der Waals surface area contributed by atoms with Gasteiger partial charge in [0.15, 0.2) is 0 Å². The number of carboxylic acids is 1. The number of aliphatic carboxylic acids is 1. The van der Waals surface area contributed by atoms with Crippen LogP contribution in [0.3, 0.4) is 0 Å².